The summed E-state index contributed by atoms with van der Waals surface area (Å²) in [6.45, 7) is 1.83. The fourth-order valence-electron chi connectivity index (χ4n) is 0.397. The quantitative estimate of drug-likeness (QED) is 0.338. The molecule has 0 aromatic heterocycles. The van der Waals surface area contributed by atoms with Gasteiger partial charge in [-0.25, -0.2) is 4.79 Å². The van der Waals surface area contributed by atoms with Gasteiger partial charge in [0.25, 0.3) is 0 Å². The van der Waals surface area contributed by atoms with Crippen LogP contribution in [0.15, 0.2) is 0 Å². The number of carbonyl (C=O) groups is 1. The number of carboxylic acids is 1. The number of aliphatic carboxylic acids is 1. The molecule has 0 saturated carbocycles. The average molecular weight is 260 g/mol. The molecule has 0 bridgehead atoms. The van der Waals surface area contributed by atoms with Crippen molar-refractivity contribution < 1.29 is 93.4 Å². The zero-order valence-electron chi connectivity index (χ0n) is 8.91. The number of phosphoric acid groups is 1. The van der Waals surface area contributed by atoms with Gasteiger partial charge >= 0.3 is 65.1 Å². The summed E-state index contributed by atoms with van der Waals surface area (Å²) in [4.78, 5) is 34.1. The van der Waals surface area contributed by atoms with Crippen molar-refractivity contribution in [2.45, 2.75) is 25.9 Å². The molecule has 7 nitrogen and oxygen atoms in total. The van der Waals surface area contributed by atoms with E-state index in [1.165, 1.54) is 0 Å². The van der Waals surface area contributed by atoms with Crippen molar-refractivity contribution in [2.24, 2.45) is 0 Å². The van der Waals surface area contributed by atoms with Gasteiger partial charge in [-0.1, -0.05) is 13.3 Å². The summed E-state index contributed by atoms with van der Waals surface area (Å²) in [5.41, 5.74) is 0. The van der Waals surface area contributed by atoms with E-state index in [-0.39, 0.29) is 59.1 Å². The third-order valence-corrected chi connectivity index (χ3v) is 0.847. The Balaban J connectivity index is -0.0000000770. The van der Waals surface area contributed by atoms with Crippen LogP contribution >= 0.6 is 7.82 Å². The summed E-state index contributed by atoms with van der Waals surface area (Å²) in [5.74, 6) is -1.13. The van der Waals surface area contributed by atoms with Crippen molar-refractivity contribution >= 4 is 13.8 Å². The topological polar surface area (TPSA) is 141 Å². The Labute approximate surface area is 132 Å². The number of aliphatic hydroxyl groups is 1. The van der Waals surface area contributed by atoms with Crippen LogP contribution in [0.3, 0.4) is 0 Å². The number of hydrogen-bond donors (Lipinski definition) is 3. The maximum absolute atomic E-state index is 9.84. The van der Waals surface area contributed by atoms with Crippen molar-refractivity contribution in [3.8, 4) is 0 Å². The van der Waals surface area contributed by atoms with E-state index in [9.17, 15) is 4.79 Å². The number of aliphatic hydroxyl groups excluding tert-OH is 1. The van der Waals surface area contributed by atoms with Gasteiger partial charge in [-0.15, -0.1) is 0 Å². The Morgan fingerprint density at radius 1 is 1.40 bits per heavy atom. The molecule has 0 fully saturated rings. The van der Waals surface area contributed by atoms with Crippen LogP contribution in [0.1, 0.15) is 19.8 Å². The van der Waals surface area contributed by atoms with Crippen LogP contribution in [0.2, 0.25) is 0 Å². The van der Waals surface area contributed by atoms with Gasteiger partial charge in [0.05, 0.1) is 7.82 Å². The molecular weight excluding hydrogens is 249 g/mol. The fraction of sp³-hybridized carbons (Fsp3) is 0.800. The van der Waals surface area contributed by atoms with Gasteiger partial charge in [-0.2, -0.15) is 0 Å². The van der Waals surface area contributed by atoms with Gasteiger partial charge in [0.15, 0.2) is 6.10 Å². The first-order valence-corrected chi connectivity index (χ1v) is 4.83. The molecule has 1 atom stereocenters. The minimum Gasteiger partial charge on any atom is -0.790 e. The summed E-state index contributed by atoms with van der Waals surface area (Å²) in [5, 5.41) is 16.6. The molecule has 0 aromatic rings. The third kappa shape index (κ3) is 39.1. The molecule has 0 aliphatic heterocycles. The third-order valence-electron chi connectivity index (χ3n) is 0.847. The maximum Gasteiger partial charge on any atom is 1.00 e. The van der Waals surface area contributed by atoms with Gasteiger partial charge in [-0.05, 0) is 6.42 Å². The van der Waals surface area contributed by atoms with Crippen molar-refractivity contribution in [3.05, 3.63) is 0 Å². The molecule has 3 N–H and O–H groups in total. The zero-order chi connectivity index (χ0) is 11.1. The summed E-state index contributed by atoms with van der Waals surface area (Å²) in [6.07, 6.45) is -0.122. The van der Waals surface area contributed by atoms with Crippen molar-refractivity contribution in [3.63, 3.8) is 0 Å². The number of carboxylic acid groups (broad SMARTS) is 1. The molecule has 0 saturated heterocycles. The molecule has 80 valence electrons. The summed E-state index contributed by atoms with van der Waals surface area (Å²) in [6, 6.07) is 0. The van der Waals surface area contributed by atoms with Crippen molar-refractivity contribution in [1.82, 2.24) is 0 Å². The van der Waals surface area contributed by atoms with Crippen LogP contribution in [0.5, 0.6) is 0 Å². The molecule has 0 heterocycles. The fourth-order valence-corrected chi connectivity index (χ4v) is 0.397. The molecule has 0 aromatic carbocycles. The van der Waals surface area contributed by atoms with E-state index in [4.69, 9.17) is 29.5 Å². The zero-order valence-corrected chi connectivity index (χ0v) is 13.8. The molecular formula is C5H11Na2O7P. The maximum atomic E-state index is 9.84. The van der Waals surface area contributed by atoms with E-state index in [0.29, 0.717) is 12.8 Å². The molecule has 0 spiro atoms. The van der Waals surface area contributed by atoms with Gasteiger partial charge in [-0.3, -0.25) is 0 Å². The predicted molar refractivity (Wildman–Crippen MR) is 38.4 cm³/mol. The van der Waals surface area contributed by atoms with E-state index in [0.717, 1.165) is 0 Å². The first kappa shape index (κ1) is 25.4. The van der Waals surface area contributed by atoms with Gasteiger partial charge in [0, 0.05) is 0 Å². The van der Waals surface area contributed by atoms with Crippen LogP contribution in [0.25, 0.3) is 0 Å². The standard InChI is InChI=1S/C5H10O3.2Na.H3O4P/c1-2-3-4(6)5(7)8;;;1-5(2,3)4/h4,6H,2-3H2,1H3,(H,7,8);;;(H3,1,2,3,4)/q;2*+1;/p-2. The van der Waals surface area contributed by atoms with Crippen molar-refractivity contribution in [2.75, 3.05) is 0 Å². The van der Waals surface area contributed by atoms with Crippen LogP contribution in [-0.2, 0) is 9.36 Å². The normalized spacial score (nSPS) is 11.0. The summed E-state index contributed by atoms with van der Waals surface area (Å²) < 4.78 is 8.66. The second-order valence-corrected chi connectivity index (χ2v) is 3.05. The molecule has 0 amide bonds. The van der Waals surface area contributed by atoms with Crippen LogP contribution in [0, 0.1) is 0 Å². The minimum atomic E-state index is -5.14. The van der Waals surface area contributed by atoms with E-state index in [2.05, 4.69) is 0 Å². The Kier molecular flexibility index (Phi) is 23.0. The van der Waals surface area contributed by atoms with Gasteiger partial charge in [0.2, 0.25) is 0 Å². The largest absolute Gasteiger partial charge is 1.00 e. The van der Waals surface area contributed by atoms with Gasteiger partial charge in [0.1, 0.15) is 0 Å². The number of hydrogen-bond acceptors (Lipinski definition) is 5. The smallest absolute Gasteiger partial charge is 0.790 e. The second kappa shape index (κ2) is 13.6. The first-order chi connectivity index (χ1) is 5.68. The molecule has 0 radical (unpaired) electrons. The van der Waals surface area contributed by atoms with Gasteiger partial charge < -0.3 is 29.5 Å². The summed E-state index contributed by atoms with van der Waals surface area (Å²) >= 11 is 0. The average Bonchev–Trinajstić information content (AvgIpc) is 1.84. The van der Waals surface area contributed by atoms with Crippen molar-refractivity contribution in [1.29, 1.82) is 0 Å². The van der Waals surface area contributed by atoms with Crippen LogP contribution in [-0.4, -0.2) is 27.2 Å². The predicted octanol–water partition coefficient (Wildman–Crippen LogP) is -7.95. The first-order valence-electron chi connectivity index (χ1n) is 3.34. The Hall–Kier alpha value is 1.54. The number of rotatable bonds is 3. The SMILES string of the molecule is CCCC(O)C(=O)O.O=P([O-])([O-])O.[Na+].[Na+]. The molecule has 1 unspecified atom stereocenters. The Morgan fingerprint density at radius 2 is 1.67 bits per heavy atom. The molecule has 10 heteroatoms. The summed E-state index contributed by atoms with van der Waals surface area (Å²) in [7, 11) is -5.14. The molecule has 0 aliphatic rings. The Bertz CT molecular complexity index is 186. The van der Waals surface area contributed by atoms with Crippen LogP contribution < -0.4 is 68.9 Å². The molecule has 0 rings (SSSR count). The van der Waals surface area contributed by atoms with E-state index in [1.54, 1.807) is 0 Å². The molecule has 0 aliphatic carbocycles. The van der Waals surface area contributed by atoms with E-state index in [1.807, 2.05) is 6.92 Å². The Morgan fingerprint density at radius 3 is 1.73 bits per heavy atom. The minimum absolute atomic E-state index is 0. The van der Waals surface area contributed by atoms with Crippen LogP contribution in [0.4, 0.5) is 0 Å². The van der Waals surface area contributed by atoms with E-state index < -0.39 is 19.9 Å². The second-order valence-electron chi connectivity index (χ2n) is 2.11. The monoisotopic (exact) mass is 260 g/mol. The van der Waals surface area contributed by atoms with E-state index >= 15 is 0 Å². The molecule has 15 heavy (non-hydrogen) atoms.